The van der Waals surface area contributed by atoms with E-state index in [4.69, 9.17) is 9.72 Å². The SMILES string of the molecule is CCOc1ccc2nc(N3CCN(CCNC(=O)c4ccccc4)CC3)sc2c1. The summed E-state index contributed by atoms with van der Waals surface area (Å²) < 4.78 is 6.76. The van der Waals surface area contributed by atoms with Crippen molar-refractivity contribution in [2.24, 2.45) is 0 Å². The Kier molecular flexibility index (Phi) is 6.27. The van der Waals surface area contributed by atoms with Gasteiger partial charge in [-0.1, -0.05) is 29.5 Å². The minimum absolute atomic E-state index is 0.00914. The summed E-state index contributed by atoms with van der Waals surface area (Å²) in [6.45, 7) is 8.04. The number of amides is 1. The molecule has 6 nitrogen and oxygen atoms in total. The number of rotatable bonds is 7. The number of nitrogens with zero attached hydrogens (tertiary/aromatic N) is 3. The molecule has 0 aliphatic carbocycles. The van der Waals surface area contributed by atoms with Gasteiger partial charge in [0.25, 0.3) is 5.91 Å². The number of carbonyl (C=O) groups is 1. The first-order valence-electron chi connectivity index (χ1n) is 10.1. The van der Waals surface area contributed by atoms with Gasteiger partial charge in [0, 0.05) is 44.8 Å². The number of thiazole rings is 1. The van der Waals surface area contributed by atoms with Crippen LogP contribution in [0.3, 0.4) is 0 Å². The Balaban J connectivity index is 1.26. The first kappa shape index (κ1) is 19.7. The summed E-state index contributed by atoms with van der Waals surface area (Å²) in [5, 5.41) is 4.08. The highest BCUT2D eigenvalue weighted by molar-refractivity contribution is 7.22. The minimum atomic E-state index is -0.00914. The normalized spacial score (nSPS) is 14.9. The zero-order valence-electron chi connectivity index (χ0n) is 16.6. The fourth-order valence-electron chi connectivity index (χ4n) is 3.47. The molecule has 2 heterocycles. The van der Waals surface area contributed by atoms with Crippen LogP contribution in [0, 0.1) is 0 Å². The Hall–Kier alpha value is -2.64. The van der Waals surface area contributed by atoms with Crippen molar-refractivity contribution in [1.29, 1.82) is 0 Å². The number of nitrogens with one attached hydrogen (secondary N) is 1. The van der Waals surface area contributed by atoms with Crippen molar-refractivity contribution in [3.8, 4) is 5.75 Å². The number of aromatic nitrogens is 1. The van der Waals surface area contributed by atoms with E-state index in [1.165, 1.54) is 0 Å². The minimum Gasteiger partial charge on any atom is -0.494 e. The van der Waals surface area contributed by atoms with E-state index in [-0.39, 0.29) is 5.91 Å². The molecule has 1 aliphatic heterocycles. The number of anilines is 1. The molecular formula is C22H26N4O2S. The molecular weight excluding hydrogens is 384 g/mol. The lowest BCUT2D eigenvalue weighted by molar-refractivity contribution is 0.0948. The summed E-state index contributed by atoms with van der Waals surface area (Å²) in [4.78, 5) is 21.7. The van der Waals surface area contributed by atoms with Gasteiger partial charge in [0.1, 0.15) is 5.75 Å². The summed E-state index contributed by atoms with van der Waals surface area (Å²) in [7, 11) is 0. The molecule has 29 heavy (non-hydrogen) atoms. The number of hydrogen-bond acceptors (Lipinski definition) is 6. The number of ether oxygens (including phenoxy) is 1. The monoisotopic (exact) mass is 410 g/mol. The fourth-order valence-corrected chi connectivity index (χ4v) is 4.51. The van der Waals surface area contributed by atoms with E-state index in [9.17, 15) is 4.79 Å². The Labute approximate surface area is 175 Å². The fraction of sp³-hybridized carbons (Fsp3) is 0.364. The van der Waals surface area contributed by atoms with Crippen LogP contribution in [-0.4, -0.2) is 61.7 Å². The van der Waals surface area contributed by atoms with E-state index in [2.05, 4.69) is 21.2 Å². The van der Waals surface area contributed by atoms with Crippen molar-refractivity contribution in [1.82, 2.24) is 15.2 Å². The second-order valence-corrected chi connectivity index (χ2v) is 8.02. The van der Waals surface area contributed by atoms with Crippen molar-refractivity contribution < 1.29 is 9.53 Å². The molecule has 1 fully saturated rings. The first-order chi connectivity index (χ1) is 14.2. The molecule has 0 unspecified atom stereocenters. The van der Waals surface area contributed by atoms with E-state index < -0.39 is 0 Å². The highest BCUT2D eigenvalue weighted by Crippen LogP contribution is 2.31. The third-order valence-corrected chi connectivity index (χ3v) is 6.13. The summed E-state index contributed by atoms with van der Waals surface area (Å²) >= 11 is 1.72. The first-order valence-corrected chi connectivity index (χ1v) is 10.9. The van der Waals surface area contributed by atoms with Crippen LogP contribution in [0.1, 0.15) is 17.3 Å². The molecule has 1 aliphatic rings. The van der Waals surface area contributed by atoms with Crippen LogP contribution in [0.5, 0.6) is 5.75 Å². The molecule has 152 valence electrons. The lowest BCUT2D eigenvalue weighted by atomic mass is 10.2. The van der Waals surface area contributed by atoms with E-state index in [0.717, 1.165) is 53.8 Å². The largest absolute Gasteiger partial charge is 0.494 e. The lowest BCUT2D eigenvalue weighted by Gasteiger charge is -2.34. The molecule has 0 spiro atoms. The van der Waals surface area contributed by atoms with Crippen molar-refractivity contribution in [3.05, 3.63) is 54.1 Å². The summed E-state index contributed by atoms with van der Waals surface area (Å²) in [6, 6.07) is 15.4. The summed E-state index contributed by atoms with van der Waals surface area (Å²) in [5.41, 5.74) is 1.74. The molecule has 2 aromatic carbocycles. The van der Waals surface area contributed by atoms with Crippen LogP contribution in [-0.2, 0) is 0 Å². The Bertz CT molecular complexity index is 952. The van der Waals surface area contributed by atoms with Crippen LogP contribution in [0.25, 0.3) is 10.2 Å². The Morgan fingerprint density at radius 2 is 1.93 bits per heavy atom. The van der Waals surface area contributed by atoms with Gasteiger partial charge in [0.2, 0.25) is 0 Å². The van der Waals surface area contributed by atoms with Gasteiger partial charge in [-0.2, -0.15) is 0 Å². The quantitative estimate of drug-likeness (QED) is 0.648. The van der Waals surface area contributed by atoms with Crippen LogP contribution < -0.4 is 15.0 Å². The van der Waals surface area contributed by atoms with E-state index in [1.54, 1.807) is 11.3 Å². The third-order valence-electron chi connectivity index (χ3n) is 5.05. The van der Waals surface area contributed by atoms with Crippen LogP contribution in [0.2, 0.25) is 0 Å². The molecule has 1 saturated heterocycles. The van der Waals surface area contributed by atoms with Crippen molar-refractivity contribution in [2.45, 2.75) is 6.92 Å². The topological polar surface area (TPSA) is 57.7 Å². The Morgan fingerprint density at radius 1 is 1.14 bits per heavy atom. The van der Waals surface area contributed by atoms with Gasteiger partial charge in [0.15, 0.2) is 5.13 Å². The second-order valence-electron chi connectivity index (χ2n) is 7.01. The Morgan fingerprint density at radius 3 is 2.69 bits per heavy atom. The van der Waals surface area contributed by atoms with Gasteiger partial charge in [-0.3, -0.25) is 9.69 Å². The summed E-state index contributed by atoms with van der Waals surface area (Å²) in [5.74, 6) is 0.891. The van der Waals surface area contributed by atoms with Gasteiger partial charge in [-0.05, 0) is 37.3 Å². The highest BCUT2D eigenvalue weighted by atomic mass is 32.1. The van der Waals surface area contributed by atoms with Gasteiger partial charge in [-0.15, -0.1) is 0 Å². The molecule has 1 amide bonds. The second kappa shape index (κ2) is 9.24. The van der Waals surface area contributed by atoms with E-state index in [1.807, 2.05) is 49.4 Å². The van der Waals surface area contributed by atoms with Gasteiger partial charge >= 0.3 is 0 Å². The van der Waals surface area contributed by atoms with Gasteiger partial charge < -0.3 is 15.0 Å². The molecule has 1 N–H and O–H groups in total. The van der Waals surface area contributed by atoms with Crippen LogP contribution >= 0.6 is 11.3 Å². The number of hydrogen-bond donors (Lipinski definition) is 1. The smallest absolute Gasteiger partial charge is 0.251 e. The average Bonchev–Trinajstić information content (AvgIpc) is 3.18. The molecule has 3 aromatic rings. The van der Waals surface area contributed by atoms with Crippen LogP contribution in [0.15, 0.2) is 48.5 Å². The zero-order chi connectivity index (χ0) is 20.1. The average molecular weight is 411 g/mol. The van der Waals surface area contributed by atoms with Crippen LogP contribution in [0.4, 0.5) is 5.13 Å². The maximum absolute atomic E-state index is 12.1. The molecule has 0 atom stereocenters. The lowest BCUT2D eigenvalue weighted by Crippen LogP contribution is -2.48. The third kappa shape index (κ3) is 4.86. The number of benzene rings is 2. The van der Waals surface area contributed by atoms with E-state index >= 15 is 0 Å². The molecule has 0 radical (unpaired) electrons. The molecule has 0 saturated carbocycles. The van der Waals surface area contributed by atoms with E-state index in [0.29, 0.717) is 18.7 Å². The number of fused-ring (bicyclic) bond motifs is 1. The maximum Gasteiger partial charge on any atom is 0.251 e. The zero-order valence-corrected chi connectivity index (χ0v) is 17.5. The standard InChI is InChI=1S/C22H26N4O2S/c1-2-28-18-8-9-19-20(16-18)29-22(24-19)26-14-12-25(13-15-26)11-10-23-21(27)17-6-4-3-5-7-17/h3-9,16H,2,10-15H2,1H3,(H,23,27). The molecule has 4 rings (SSSR count). The molecule has 7 heteroatoms. The maximum atomic E-state index is 12.1. The highest BCUT2D eigenvalue weighted by Gasteiger charge is 2.20. The number of carbonyl (C=O) groups excluding carboxylic acids is 1. The van der Waals surface area contributed by atoms with Gasteiger partial charge in [-0.25, -0.2) is 4.98 Å². The van der Waals surface area contributed by atoms with Crippen molar-refractivity contribution >= 4 is 32.6 Å². The summed E-state index contributed by atoms with van der Waals surface area (Å²) in [6.07, 6.45) is 0. The van der Waals surface area contributed by atoms with Crippen molar-refractivity contribution in [3.63, 3.8) is 0 Å². The van der Waals surface area contributed by atoms with Gasteiger partial charge in [0.05, 0.1) is 16.8 Å². The number of piperazine rings is 1. The predicted molar refractivity (Wildman–Crippen MR) is 118 cm³/mol. The molecule has 1 aromatic heterocycles. The molecule has 0 bridgehead atoms. The predicted octanol–water partition coefficient (Wildman–Crippen LogP) is 3.25. The van der Waals surface area contributed by atoms with Crippen molar-refractivity contribution in [2.75, 3.05) is 50.8 Å².